The molecule has 0 amide bonds. The highest BCUT2D eigenvalue weighted by Gasteiger charge is 2.13. The number of aromatic nitrogens is 1. The molecule has 3 nitrogen and oxygen atoms in total. The molecule has 1 aliphatic carbocycles. The van der Waals surface area contributed by atoms with Gasteiger partial charge >= 0.3 is 0 Å². The van der Waals surface area contributed by atoms with E-state index in [0.29, 0.717) is 6.04 Å². The van der Waals surface area contributed by atoms with Gasteiger partial charge in [0.25, 0.3) is 0 Å². The highest BCUT2D eigenvalue weighted by Crippen LogP contribution is 2.17. The molecule has 1 fully saturated rings. The Balaban J connectivity index is 1.62. The topological polar surface area (TPSA) is 37.0 Å². The van der Waals surface area contributed by atoms with E-state index in [-0.39, 0.29) is 0 Å². The van der Waals surface area contributed by atoms with E-state index in [9.17, 15) is 0 Å². The van der Waals surface area contributed by atoms with Crippen LogP contribution in [0.4, 0.5) is 0 Å². The second kappa shape index (κ2) is 7.04. The van der Waals surface area contributed by atoms with Gasteiger partial charge in [-0.05, 0) is 32.0 Å². The lowest BCUT2D eigenvalue weighted by Gasteiger charge is -2.24. The number of thiocarbonyl (C=S) groups is 1. The average molecular weight is 283 g/mol. The first-order chi connectivity index (χ1) is 8.74. The minimum Gasteiger partial charge on any atom is -0.362 e. The van der Waals surface area contributed by atoms with Crippen LogP contribution in [0.25, 0.3) is 0 Å². The van der Waals surface area contributed by atoms with Gasteiger partial charge in [0.05, 0.1) is 5.01 Å². The summed E-state index contributed by atoms with van der Waals surface area (Å²) in [6.45, 7) is 2.90. The first-order valence-electron chi connectivity index (χ1n) is 6.69. The molecular formula is C13H21N3S2. The molecule has 1 aliphatic rings. The minimum absolute atomic E-state index is 0.584. The molecule has 0 saturated heterocycles. The van der Waals surface area contributed by atoms with Gasteiger partial charge < -0.3 is 10.6 Å². The van der Waals surface area contributed by atoms with Crippen LogP contribution < -0.4 is 10.6 Å². The Hall–Kier alpha value is -0.680. The van der Waals surface area contributed by atoms with E-state index in [0.717, 1.165) is 23.8 Å². The van der Waals surface area contributed by atoms with E-state index in [1.807, 2.05) is 6.92 Å². The third-order valence-electron chi connectivity index (χ3n) is 3.23. The van der Waals surface area contributed by atoms with Crippen LogP contribution in [0.2, 0.25) is 0 Å². The summed E-state index contributed by atoms with van der Waals surface area (Å²) in [4.78, 5) is 4.44. The van der Waals surface area contributed by atoms with E-state index >= 15 is 0 Å². The largest absolute Gasteiger partial charge is 0.362 e. The summed E-state index contributed by atoms with van der Waals surface area (Å²) in [5.74, 6) is 0. The van der Waals surface area contributed by atoms with Crippen LogP contribution in [-0.4, -0.2) is 22.7 Å². The highest BCUT2D eigenvalue weighted by molar-refractivity contribution is 7.80. The zero-order chi connectivity index (χ0) is 12.8. The van der Waals surface area contributed by atoms with Gasteiger partial charge in [-0.25, -0.2) is 4.98 Å². The van der Waals surface area contributed by atoms with Crippen molar-refractivity contribution in [1.29, 1.82) is 0 Å². The summed E-state index contributed by atoms with van der Waals surface area (Å²) in [6.07, 6.45) is 7.51. The second-order valence-corrected chi connectivity index (χ2v) is 6.22. The Bertz CT molecular complexity index is 383. The number of thiazole rings is 1. The van der Waals surface area contributed by atoms with Crippen molar-refractivity contribution in [3.05, 3.63) is 16.1 Å². The molecule has 2 rings (SSSR count). The molecule has 1 aromatic rings. The van der Waals surface area contributed by atoms with Crippen molar-refractivity contribution in [2.24, 2.45) is 0 Å². The van der Waals surface area contributed by atoms with Crippen molar-refractivity contribution >= 4 is 28.7 Å². The Morgan fingerprint density at radius 3 is 2.89 bits per heavy atom. The van der Waals surface area contributed by atoms with Crippen molar-refractivity contribution < 1.29 is 0 Å². The SMILES string of the molecule is Cc1csc(CCNC(=S)NC2CCCCC2)n1. The van der Waals surface area contributed by atoms with Crippen molar-refractivity contribution in [2.75, 3.05) is 6.54 Å². The number of nitrogens with zero attached hydrogens (tertiary/aromatic N) is 1. The summed E-state index contributed by atoms with van der Waals surface area (Å²) in [7, 11) is 0. The van der Waals surface area contributed by atoms with Gasteiger partial charge in [0.1, 0.15) is 0 Å². The molecule has 100 valence electrons. The van der Waals surface area contributed by atoms with Crippen molar-refractivity contribution in [3.8, 4) is 0 Å². The van der Waals surface area contributed by atoms with Crippen LogP contribution >= 0.6 is 23.6 Å². The predicted octanol–water partition coefficient (Wildman–Crippen LogP) is 2.79. The minimum atomic E-state index is 0.584. The Morgan fingerprint density at radius 1 is 1.44 bits per heavy atom. The molecule has 0 aliphatic heterocycles. The summed E-state index contributed by atoms with van der Waals surface area (Å²) in [5.41, 5.74) is 1.11. The zero-order valence-corrected chi connectivity index (χ0v) is 12.5. The van der Waals surface area contributed by atoms with E-state index < -0.39 is 0 Å². The number of rotatable bonds is 4. The van der Waals surface area contributed by atoms with E-state index in [4.69, 9.17) is 12.2 Å². The molecule has 2 N–H and O–H groups in total. The summed E-state index contributed by atoms with van der Waals surface area (Å²) < 4.78 is 0. The maximum atomic E-state index is 5.32. The molecule has 0 bridgehead atoms. The van der Waals surface area contributed by atoms with Gasteiger partial charge in [0.2, 0.25) is 0 Å². The van der Waals surface area contributed by atoms with Crippen molar-refractivity contribution in [2.45, 2.75) is 51.5 Å². The standard InChI is InChI=1S/C13H21N3S2/c1-10-9-18-12(15-10)7-8-14-13(17)16-11-5-3-2-4-6-11/h9,11H,2-8H2,1H3,(H2,14,16,17). The molecule has 1 saturated carbocycles. The zero-order valence-electron chi connectivity index (χ0n) is 10.9. The lowest BCUT2D eigenvalue weighted by Crippen LogP contribution is -2.43. The third-order valence-corrected chi connectivity index (χ3v) is 4.52. The number of nitrogens with one attached hydrogen (secondary N) is 2. The van der Waals surface area contributed by atoms with Crippen LogP contribution in [0.15, 0.2) is 5.38 Å². The Morgan fingerprint density at radius 2 is 2.22 bits per heavy atom. The molecule has 18 heavy (non-hydrogen) atoms. The first-order valence-corrected chi connectivity index (χ1v) is 7.98. The van der Waals surface area contributed by atoms with Crippen LogP contribution in [-0.2, 0) is 6.42 Å². The van der Waals surface area contributed by atoms with Crippen molar-refractivity contribution in [3.63, 3.8) is 0 Å². The van der Waals surface area contributed by atoms with E-state index in [2.05, 4.69) is 21.0 Å². The molecule has 0 radical (unpaired) electrons. The fourth-order valence-corrected chi connectivity index (χ4v) is 3.33. The molecular weight excluding hydrogens is 262 g/mol. The smallest absolute Gasteiger partial charge is 0.166 e. The van der Waals surface area contributed by atoms with Crippen LogP contribution in [0.3, 0.4) is 0 Å². The summed E-state index contributed by atoms with van der Waals surface area (Å²) in [5, 5.41) is 10.8. The quantitative estimate of drug-likeness (QED) is 0.833. The average Bonchev–Trinajstić information content (AvgIpc) is 2.76. The summed E-state index contributed by atoms with van der Waals surface area (Å²) >= 11 is 7.04. The fraction of sp³-hybridized carbons (Fsp3) is 0.692. The fourth-order valence-electron chi connectivity index (χ4n) is 2.28. The number of aryl methyl sites for hydroxylation is 1. The molecule has 1 heterocycles. The molecule has 0 aromatic carbocycles. The molecule has 0 atom stereocenters. The third kappa shape index (κ3) is 4.53. The maximum Gasteiger partial charge on any atom is 0.166 e. The molecule has 5 heteroatoms. The lowest BCUT2D eigenvalue weighted by molar-refractivity contribution is 0.412. The van der Waals surface area contributed by atoms with Crippen LogP contribution in [0, 0.1) is 6.92 Å². The molecule has 1 aromatic heterocycles. The normalized spacial score (nSPS) is 16.5. The monoisotopic (exact) mass is 283 g/mol. The Labute approximate surface area is 118 Å². The summed E-state index contributed by atoms with van der Waals surface area (Å²) in [6, 6.07) is 0.584. The Kier molecular flexibility index (Phi) is 5.38. The molecule has 0 unspecified atom stereocenters. The van der Waals surface area contributed by atoms with E-state index in [1.54, 1.807) is 11.3 Å². The first kappa shape index (κ1) is 13.7. The van der Waals surface area contributed by atoms with Gasteiger partial charge in [-0.15, -0.1) is 11.3 Å². The van der Waals surface area contributed by atoms with Gasteiger partial charge in [-0.3, -0.25) is 0 Å². The predicted molar refractivity (Wildman–Crippen MR) is 81.2 cm³/mol. The maximum absolute atomic E-state index is 5.32. The van der Waals surface area contributed by atoms with Gasteiger partial charge in [-0.1, -0.05) is 19.3 Å². The van der Waals surface area contributed by atoms with Crippen LogP contribution in [0.1, 0.15) is 42.8 Å². The second-order valence-electron chi connectivity index (χ2n) is 4.87. The van der Waals surface area contributed by atoms with Crippen molar-refractivity contribution in [1.82, 2.24) is 15.6 Å². The molecule has 0 spiro atoms. The van der Waals surface area contributed by atoms with E-state index in [1.165, 1.54) is 37.1 Å². The highest BCUT2D eigenvalue weighted by atomic mass is 32.1. The van der Waals surface area contributed by atoms with Gasteiger partial charge in [0, 0.05) is 30.1 Å². The van der Waals surface area contributed by atoms with Gasteiger partial charge in [0.15, 0.2) is 5.11 Å². The van der Waals surface area contributed by atoms with Gasteiger partial charge in [-0.2, -0.15) is 0 Å². The number of hydrogen-bond donors (Lipinski definition) is 2. The number of hydrogen-bond acceptors (Lipinski definition) is 3. The van der Waals surface area contributed by atoms with Crippen LogP contribution in [0.5, 0.6) is 0 Å². The lowest BCUT2D eigenvalue weighted by atomic mass is 9.96.